The second kappa shape index (κ2) is 3.07. The van der Waals surface area contributed by atoms with Crippen LogP contribution in [0.4, 0.5) is 0 Å². The van der Waals surface area contributed by atoms with Gasteiger partial charge in [-0.1, -0.05) is 6.08 Å². The van der Waals surface area contributed by atoms with Crippen LogP contribution in [-0.2, 0) is 4.74 Å². The van der Waals surface area contributed by atoms with E-state index < -0.39 is 5.72 Å². The second-order valence-electron chi connectivity index (χ2n) is 2.67. The van der Waals surface area contributed by atoms with E-state index in [1.807, 2.05) is 25.2 Å². The van der Waals surface area contributed by atoms with Crippen molar-refractivity contribution >= 4 is 0 Å². The van der Waals surface area contributed by atoms with E-state index in [2.05, 4.69) is 0 Å². The number of ether oxygens (including phenoxy) is 1. The molecule has 0 spiro atoms. The third-order valence-electron chi connectivity index (χ3n) is 1.58. The molecule has 0 saturated heterocycles. The van der Waals surface area contributed by atoms with Crippen molar-refractivity contribution in [3.8, 4) is 0 Å². The summed E-state index contributed by atoms with van der Waals surface area (Å²) in [5.74, 6) is 0. The van der Waals surface area contributed by atoms with E-state index >= 15 is 0 Å². The molecule has 3 heteroatoms. The molecule has 0 aliphatic heterocycles. The van der Waals surface area contributed by atoms with Crippen molar-refractivity contribution in [1.82, 2.24) is 0 Å². The number of hydrogen-bond acceptors (Lipinski definition) is 3. The minimum absolute atomic E-state index is 0.581. The molecule has 0 saturated carbocycles. The molecule has 4 N–H and O–H groups in total. The highest BCUT2D eigenvalue weighted by molar-refractivity contribution is 5.22. The Kier molecular flexibility index (Phi) is 2.31. The molecule has 0 aromatic rings. The van der Waals surface area contributed by atoms with Gasteiger partial charge in [0.1, 0.15) is 5.72 Å². The van der Waals surface area contributed by atoms with E-state index in [0.29, 0.717) is 13.0 Å². The lowest BCUT2D eigenvalue weighted by Crippen LogP contribution is -2.42. The summed E-state index contributed by atoms with van der Waals surface area (Å²) in [6.45, 7) is 2.52. The van der Waals surface area contributed by atoms with Gasteiger partial charge in [-0.25, -0.2) is 0 Å². The lowest BCUT2D eigenvalue weighted by atomic mass is 10.0. The van der Waals surface area contributed by atoms with Crippen LogP contribution in [0.15, 0.2) is 23.9 Å². The fourth-order valence-corrected chi connectivity index (χ4v) is 1.14. The van der Waals surface area contributed by atoms with E-state index in [1.165, 1.54) is 0 Å². The zero-order chi connectivity index (χ0) is 8.32. The Morgan fingerprint density at radius 1 is 1.73 bits per heavy atom. The number of allylic oxidation sites excluding steroid dienone is 2. The quantitative estimate of drug-likeness (QED) is 0.569. The molecule has 1 atom stereocenters. The maximum atomic E-state index is 5.83. The van der Waals surface area contributed by atoms with Gasteiger partial charge in [0.25, 0.3) is 0 Å². The molecule has 0 fully saturated rings. The highest BCUT2D eigenvalue weighted by Crippen LogP contribution is 2.18. The second-order valence-corrected chi connectivity index (χ2v) is 2.67. The van der Waals surface area contributed by atoms with Gasteiger partial charge in [-0.2, -0.15) is 0 Å². The molecule has 3 nitrogen and oxygen atoms in total. The molecular weight excluding hydrogens is 140 g/mol. The van der Waals surface area contributed by atoms with Gasteiger partial charge in [0.2, 0.25) is 0 Å². The van der Waals surface area contributed by atoms with Gasteiger partial charge in [-0.15, -0.1) is 0 Å². The first-order valence-corrected chi connectivity index (χ1v) is 3.73. The molecule has 0 aromatic heterocycles. The molecule has 0 radical (unpaired) electrons. The Hall–Kier alpha value is -0.800. The van der Waals surface area contributed by atoms with Crippen molar-refractivity contribution in [3.63, 3.8) is 0 Å². The first-order chi connectivity index (χ1) is 5.16. The van der Waals surface area contributed by atoms with Gasteiger partial charge in [0, 0.05) is 18.7 Å². The molecule has 1 aliphatic rings. The first kappa shape index (κ1) is 8.30. The van der Waals surface area contributed by atoms with E-state index in [0.717, 1.165) is 5.70 Å². The van der Waals surface area contributed by atoms with Crippen LogP contribution in [0.1, 0.15) is 13.3 Å². The van der Waals surface area contributed by atoms with Crippen LogP contribution in [0, 0.1) is 0 Å². The van der Waals surface area contributed by atoms with Gasteiger partial charge in [-0.05, 0) is 19.1 Å². The summed E-state index contributed by atoms with van der Waals surface area (Å²) in [6.07, 6.45) is 6.07. The van der Waals surface area contributed by atoms with E-state index in [-0.39, 0.29) is 0 Å². The summed E-state index contributed by atoms with van der Waals surface area (Å²) < 4.78 is 5.31. The van der Waals surface area contributed by atoms with Gasteiger partial charge < -0.3 is 10.5 Å². The standard InChI is InChI=1S/C8H14N2O/c1-2-11-8(10)5-3-4-7(9)6-8/h3-5H,2,6,9-10H2,1H3. The zero-order valence-corrected chi connectivity index (χ0v) is 6.71. The molecule has 0 bridgehead atoms. The Labute approximate surface area is 66.7 Å². The Morgan fingerprint density at radius 2 is 2.45 bits per heavy atom. The van der Waals surface area contributed by atoms with Gasteiger partial charge in [0.15, 0.2) is 0 Å². The molecule has 1 aliphatic carbocycles. The summed E-state index contributed by atoms with van der Waals surface area (Å²) in [7, 11) is 0. The van der Waals surface area contributed by atoms with Crippen LogP contribution in [0.3, 0.4) is 0 Å². The molecule has 1 rings (SSSR count). The van der Waals surface area contributed by atoms with E-state index in [9.17, 15) is 0 Å². The first-order valence-electron chi connectivity index (χ1n) is 3.73. The van der Waals surface area contributed by atoms with E-state index in [1.54, 1.807) is 0 Å². The number of nitrogens with two attached hydrogens (primary N) is 2. The topological polar surface area (TPSA) is 61.3 Å². The Morgan fingerprint density at radius 3 is 3.00 bits per heavy atom. The fourth-order valence-electron chi connectivity index (χ4n) is 1.14. The van der Waals surface area contributed by atoms with Crippen LogP contribution in [0.5, 0.6) is 0 Å². The summed E-state index contributed by atoms with van der Waals surface area (Å²) in [5, 5.41) is 0. The largest absolute Gasteiger partial charge is 0.402 e. The van der Waals surface area contributed by atoms with Crippen LogP contribution in [0.2, 0.25) is 0 Å². The van der Waals surface area contributed by atoms with Crippen LogP contribution >= 0.6 is 0 Å². The van der Waals surface area contributed by atoms with Crippen molar-refractivity contribution in [2.24, 2.45) is 11.5 Å². The number of rotatable bonds is 2. The SMILES string of the molecule is CCOC1(N)C=CC=C(N)C1. The average molecular weight is 154 g/mol. The summed E-state index contributed by atoms with van der Waals surface area (Å²) >= 11 is 0. The van der Waals surface area contributed by atoms with Crippen LogP contribution < -0.4 is 11.5 Å². The maximum absolute atomic E-state index is 5.83. The fraction of sp³-hybridized carbons (Fsp3) is 0.500. The zero-order valence-electron chi connectivity index (χ0n) is 6.71. The molecule has 0 amide bonds. The van der Waals surface area contributed by atoms with Crippen molar-refractivity contribution in [1.29, 1.82) is 0 Å². The maximum Gasteiger partial charge on any atom is 0.141 e. The lowest BCUT2D eigenvalue weighted by Gasteiger charge is -2.27. The predicted molar refractivity (Wildman–Crippen MR) is 44.6 cm³/mol. The van der Waals surface area contributed by atoms with Crippen molar-refractivity contribution < 1.29 is 4.74 Å². The Balaban J connectivity index is 2.62. The molecule has 1 unspecified atom stereocenters. The summed E-state index contributed by atoms with van der Waals surface area (Å²) in [4.78, 5) is 0. The Bertz CT molecular complexity index is 198. The molecule has 0 heterocycles. The van der Waals surface area contributed by atoms with Gasteiger partial charge in [-0.3, -0.25) is 5.73 Å². The minimum Gasteiger partial charge on any atom is -0.402 e. The summed E-state index contributed by atoms with van der Waals surface area (Å²) in [6, 6.07) is 0. The molecule has 62 valence electrons. The van der Waals surface area contributed by atoms with E-state index in [4.69, 9.17) is 16.2 Å². The van der Waals surface area contributed by atoms with Crippen molar-refractivity contribution in [3.05, 3.63) is 23.9 Å². The third kappa shape index (κ3) is 2.06. The average Bonchev–Trinajstić information content (AvgIpc) is 1.86. The monoisotopic (exact) mass is 154 g/mol. The molecular formula is C8H14N2O. The highest BCUT2D eigenvalue weighted by atomic mass is 16.5. The molecule has 11 heavy (non-hydrogen) atoms. The van der Waals surface area contributed by atoms with Gasteiger partial charge >= 0.3 is 0 Å². The van der Waals surface area contributed by atoms with Crippen LogP contribution in [0.25, 0.3) is 0 Å². The summed E-state index contributed by atoms with van der Waals surface area (Å²) in [5.41, 5.74) is 11.5. The minimum atomic E-state index is -0.673. The van der Waals surface area contributed by atoms with Crippen LogP contribution in [-0.4, -0.2) is 12.3 Å². The van der Waals surface area contributed by atoms with Crippen molar-refractivity contribution in [2.75, 3.05) is 6.61 Å². The number of hydrogen-bond donors (Lipinski definition) is 2. The van der Waals surface area contributed by atoms with Gasteiger partial charge in [0.05, 0.1) is 0 Å². The van der Waals surface area contributed by atoms with Crippen molar-refractivity contribution in [2.45, 2.75) is 19.1 Å². The predicted octanol–water partition coefficient (Wildman–Crippen LogP) is 0.480. The highest BCUT2D eigenvalue weighted by Gasteiger charge is 2.23. The molecule has 0 aromatic carbocycles. The third-order valence-corrected chi connectivity index (χ3v) is 1.58. The lowest BCUT2D eigenvalue weighted by molar-refractivity contribution is 0.00327. The smallest absolute Gasteiger partial charge is 0.141 e. The normalized spacial score (nSPS) is 30.2.